The number of thiazole rings is 1. The van der Waals surface area contributed by atoms with Crippen molar-refractivity contribution in [3.8, 4) is 5.75 Å². The topological polar surface area (TPSA) is 92.6 Å². The van der Waals surface area contributed by atoms with Crippen LogP contribution in [-0.4, -0.2) is 33.9 Å². The molecule has 1 aliphatic rings. The Labute approximate surface area is 208 Å². The fourth-order valence-electron chi connectivity index (χ4n) is 4.08. The Morgan fingerprint density at radius 3 is 2.60 bits per heavy atom. The van der Waals surface area contributed by atoms with E-state index in [2.05, 4.69) is 9.97 Å². The number of carbonyl (C=O) groups is 2. The van der Waals surface area contributed by atoms with Crippen LogP contribution in [0.2, 0.25) is 5.02 Å². The highest BCUT2D eigenvalue weighted by Gasteiger charge is 2.48. The number of nitrogens with zero attached hydrogens (tertiary/aromatic N) is 3. The first kappa shape index (κ1) is 22.9. The number of aliphatic hydroxyl groups excluding tert-OH is 1. The first-order chi connectivity index (χ1) is 16.8. The van der Waals surface area contributed by atoms with Crippen LogP contribution in [0.3, 0.4) is 0 Å². The molecule has 7 nitrogen and oxygen atoms in total. The van der Waals surface area contributed by atoms with Crippen molar-refractivity contribution in [2.75, 3.05) is 12.0 Å². The number of methoxy groups -OCH3 is 1. The molecule has 1 atom stereocenters. The van der Waals surface area contributed by atoms with Crippen molar-refractivity contribution in [2.24, 2.45) is 0 Å². The summed E-state index contributed by atoms with van der Waals surface area (Å²) in [7, 11) is 1.53. The Balaban J connectivity index is 1.72. The number of ketones is 1. The number of hydrogen-bond donors (Lipinski definition) is 1. The van der Waals surface area contributed by atoms with Crippen LogP contribution < -0.4 is 9.64 Å². The van der Waals surface area contributed by atoms with Crippen LogP contribution in [0.25, 0.3) is 16.0 Å². The van der Waals surface area contributed by atoms with Crippen LogP contribution in [0, 0.1) is 12.7 Å². The Morgan fingerprint density at radius 1 is 1.17 bits per heavy atom. The summed E-state index contributed by atoms with van der Waals surface area (Å²) in [5.74, 6) is -2.06. The Kier molecular flexibility index (Phi) is 5.74. The number of amides is 1. The van der Waals surface area contributed by atoms with Gasteiger partial charge in [-0.1, -0.05) is 22.9 Å². The van der Waals surface area contributed by atoms with E-state index in [0.29, 0.717) is 32.7 Å². The van der Waals surface area contributed by atoms with Gasteiger partial charge in [0.2, 0.25) is 0 Å². The third-order valence-corrected chi connectivity index (χ3v) is 7.09. The van der Waals surface area contributed by atoms with E-state index >= 15 is 0 Å². The molecule has 1 aliphatic heterocycles. The van der Waals surface area contributed by atoms with E-state index in [1.54, 1.807) is 37.3 Å². The minimum absolute atomic E-state index is 0.0852. The van der Waals surface area contributed by atoms with Gasteiger partial charge in [0.05, 0.1) is 34.0 Å². The molecular formula is C25H17ClFN3O4S. The van der Waals surface area contributed by atoms with Crippen LogP contribution >= 0.6 is 22.9 Å². The van der Waals surface area contributed by atoms with Crippen molar-refractivity contribution in [2.45, 2.75) is 13.0 Å². The largest absolute Gasteiger partial charge is 0.507 e. The molecule has 2 aromatic heterocycles. The van der Waals surface area contributed by atoms with E-state index in [9.17, 15) is 19.1 Å². The van der Waals surface area contributed by atoms with Crippen LogP contribution in [-0.2, 0) is 9.59 Å². The number of hydrogen-bond acceptors (Lipinski definition) is 7. The summed E-state index contributed by atoms with van der Waals surface area (Å²) in [5.41, 5.74) is 1.90. The third kappa shape index (κ3) is 3.82. The SMILES string of the molecule is COc1ccc(/C(O)=C2\C(=O)C(=O)N(c3nc4cc(Cl)c(F)cc4s3)C2c2ccncc2)c(C)c1. The second kappa shape index (κ2) is 8.75. The maximum absolute atomic E-state index is 14.0. The fraction of sp³-hybridized carbons (Fsp3) is 0.120. The summed E-state index contributed by atoms with van der Waals surface area (Å²) in [5, 5.41) is 11.4. The molecule has 0 bridgehead atoms. The minimum atomic E-state index is -0.972. The number of rotatable bonds is 4. The number of aryl methyl sites for hydroxylation is 1. The zero-order valence-corrected chi connectivity index (χ0v) is 20.0. The summed E-state index contributed by atoms with van der Waals surface area (Å²) < 4.78 is 19.7. The number of halogens is 2. The third-order valence-electron chi connectivity index (χ3n) is 5.78. The molecule has 0 saturated carbocycles. The molecule has 3 heterocycles. The standard InChI is InChI=1S/C25H17ClFN3O4S/c1-12-9-14(34-2)3-4-15(12)22(31)20-21(13-5-7-28-8-6-13)30(24(33)23(20)32)25-29-18-10-16(26)17(27)11-19(18)35-25/h3-11,21,31H,1-2H3/b22-20+. The average molecular weight is 510 g/mol. The van der Waals surface area contributed by atoms with E-state index in [1.165, 1.54) is 36.5 Å². The molecule has 0 spiro atoms. The number of pyridine rings is 1. The lowest BCUT2D eigenvalue weighted by Gasteiger charge is -2.23. The van der Waals surface area contributed by atoms with E-state index < -0.39 is 23.5 Å². The lowest BCUT2D eigenvalue weighted by Crippen LogP contribution is -2.29. The highest BCUT2D eigenvalue weighted by molar-refractivity contribution is 7.22. The quantitative estimate of drug-likeness (QED) is 0.224. The molecule has 2 aromatic carbocycles. The van der Waals surface area contributed by atoms with Gasteiger partial charge in [-0.2, -0.15) is 0 Å². The van der Waals surface area contributed by atoms with Crippen molar-refractivity contribution in [3.63, 3.8) is 0 Å². The van der Waals surface area contributed by atoms with E-state index in [0.717, 1.165) is 11.3 Å². The van der Waals surface area contributed by atoms with Crippen molar-refractivity contribution < 1.29 is 23.8 Å². The Hall–Kier alpha value is -3.82. The minimum Gasteiger partial charge on any atom is -0.507 e. The molecule has 1 unspecified atom stereocenters. The molecule has 176 valence electrons. The average Bonchev–Trinajstić information content (AvgIpc) is 3.36. The molecule has 35 heavy (non-hydrogen) atoms. The summed E-state index contributed by atoms with van der Waals surface area (Å²) in [6, 6.07) is 9.94. The smallest absolute Gasteiger partial charge is 0.301 e. The molecular weight excluding hydrogens is 493 g/mol. The normalized spacial score (nSPS) is 17.4. The highest BCUT2D eigenvalue weighted by atomic mass is 35.5. The number of aromatic nitrogens is 2. The van der Waals surface area contributed by atoms with Gasteiger partial charge in [-0.05, 0) is 60.5 Å². The zero-order chi connectivity index (χ0) is 24.9. The predicted molar refractivity (Wildman–Crippen MR) is 131 cm³/mol. The van der Waals surface area contributed by atoms with Crippen molar-refractivity contribution in [1.29, 1.82) is 0 Å². The molecule has 5 rings (SSSR count). The summed E-state index contributed by atoms with van der Waals surface area (Å²) in [4.78, 5) is 36.3. The molecule has 1 N–H and O–H groups in total. The molecule has 1 saturated heterocycles. The second-order valence-electron chi connectivity index (χ2n) is 7.86. The van der Waals surface area contributed by atoms with Gasteiger partial charge in [0.1, 0.15) is 17.3 Å². The van der Waals surface area contributed by atoms with Gasteiger partial charge in [0.25, 0.3) is 5.78 Å². The summed E-state index contributed by atoms with van der Waals surface area (Å²) in [6.45, 7) is 1.76. The molecule has 1 fully saturated rings. The Morgan fingerprint density at radius 2 is 1.91 bits per heavy atom. The monoisotopic (exact) mass is 509 g/mol. The number of ether oxygens (including phenoxy) is 1. The maximum atomic E-state index is 14.0. The zero-order valence-electron chi connectivity index (χ0n) is 18.5. The lowest BCUT2D eigenvalue weighted by atomic mass is 9.94. The van der Waals surface area contributed by atoms with Crippen LogP contribution in [0.15, 0.2) is 60.4 Å². The lowest BCUT2D eigenvalue weighted by molar-refractivity contribution is -0.132. The van der Waals surface area contributed by atoms with Gasteiger partial charge >= 0.3 is 5.91 Å². The van der Waals surface area contributed by atoms with Crippen LogP contribution in [0.4, 0.5) is 9.52 Å². The second-order valence-corrected chi connectivity index (χ2v) is 9.28. The summed E-state index contributed by atoms with van der Waals surface area (Å²) >= 11 is 6.95. The van der Waals surface area contributed by atoms with Crippen molar-refractivity contribution >= 4 is 55.7 Å². The van der Waals surface area contributed by atoms with Gasteiger partial charge in [-0.15, -0.1) is 0 Å². The fourth-order valence-corrected chi connectivity index (χ4v) is 5.24. The highest BCUT2D eigenvalue weighted by Crippen LogP contribution is 2.45. The van der Waals surface area contributed by atoms with Gasteiger partial charge < -0.3 is 9.84 Å². The summed E-state index contributed by atoms with van der Waals surface area (Å²) in [6.07, 6.45) is 3.06. The van der Waals surface area contributed by atoms with Gasteiger partial charge in [0, 0.05) is 18.0 Å². The van der Waals surface area contributed by atoms with Crippen LogP contribution in [0.1, 0.15) is 22.7 Å². The number of fused-ring (bicyclic) bond motifs is 1. The van der Waals surface area contributed by atoms with Gasteiger partial charge in [-0.3, -0.25) is 19.5 Å². The number of carbonyl (C=O) groups excluding carboxylic acids is 2. The Bertz CT molecular complexity index is 1500. The number of aliphatic hydroxyl groups is 1. The molecule has 1 amide bonds. The van der Waals surface area contributed by atoms with E-state index in [-0.39, 0.29) is 21.5 Å². The van der Waals surface area contributed by atoms with Crippen LogP contribution in [0.5, 0.6) is 5.75 Å². The molecule has 0 aliphatic carbocycles. The molecule has 10 heteroatoms. The van der Waals surface area contributed by atoms with Crippen molar-refractivity contribution in [3.05, 3.63) is 88.0 Å². The number of Topliss-reactive ketones (excluding diaryl/α,β-unsaturated/α-hetero) is 1. The maximum Gasteiger partial charge on any atom is 0.301 e. The van der Waals surface area contributed by atoms with Gasteiger partial charge in [-0.25, -0.2) is 9.37 Å². The number of benzene rings is 2. The van der Waals surface area contributed by atoms with Crippen molar-refractivity contribution in [1.82, 2.24) is 9.97 Å². The first-order valence-corrected chi connectivity index (χ1v) is 11.6. The predicted octanol–water partition coefficient (Wildman–Crippen LogP) is 5.43. The first-order valence-electron chi connectivity index (χ1n) is 10.4. The van der Waals surface area contributed by atoms with E-state index in [1.807, 2.05) is 0 Å². The molecule has 4 aromatic rings. The van der Waals surface area contributed by atoms with Gasteiger partial charge in [0.15, 0.2) is 5.13 Å². The number of anilines is 1. The van der Waals surface area contributed by atoms with E-state index in [4.69, 9.17) is 16.3 Å². The molecule has 0 radical (unpaired) electrons.